The number of rotatable bonds is 5. The number of carboxylic acids is 1. The van der Waals surface area contributed by atoms with Crippen LogP contribution in [0.25, 0.3) is 0 Å². The lowest BCUT2D eigenvalue weighted by Gasteiger charge is -2.23. The maximum atomic E-state index is 11.3. The van der Waals surface area contributed by atoms with Gasteiger partial charge in [0.15, 0.2) is 0 Å². The topological polar surface area (TPSA) is 75.6 Å². The van der Waals surface area contributed by atoms with E-state index < -0.39 is 12.1 Å². The summed E-state index contributed by atoms with van der Waals surface area (Å²) in [4.78, 5) is 22.2. The Morgan fingerprint density at radius 2 is 1.95 bits per heavy atom. The Morgan fingerprint density at radius 1 is 1.29 bits per heavy atom. The molecule has 0 bridgehead atoms. The zero-order chi connectivity index (χ0) is 16.0. The van der Waals surface area contributed by atoms with E-state index in [2.05, 4.69) is 5.32 Å². The SMILES string of the molecule is CCOC(=O)NCc1ccc(CC(=O)O)c(C(C)(C)C)c1. The van der Waals surface area contributed by atoms with Crippen LogP contribution < -0.4 is 5.32 Å². The van der Waals surface area contributed by atoms with Gasteiger partial charge in [0.2, 0.25) is 0 Å². The van der Waals surface area contributed by atoms with Crippen molar-refractivity contribution in [3.8, 4) is 0 Å². The van der Waals surface area contributed by atoms with Gasteiger partial charge in [0.1, 0.15) is 0 Å². The number of carbonyl (C=O) groups is 2. The molecule has 2 N–H and O–H groups in total. The number of nitrogens with one attached hydrogen (secondary N) is 1. The van der Waals surface area contributed by atoms with Gasteiger partial charge in [-0.05, 0) is 29.0 Å². The molecule has 0 spiro atoms. The quantitative estimate of drug-likeness (QED) is 0.875. The first-order chi connectivity index (χ1) is 9.74. The number of carboxylic acid groups (broad SMARTS) is 1. The third-order valence-corrected chi connectivity index (χ3v) is 3.04. The van der Waals surface area contributed by atoms with Crippen molar-refractivity contribution >= 4 is 12.1 Å². The molecule has 0 heterocycles. The van der Waals surface area contributed by atoms with Gasteiger partial charge in [0.25, 0.3) is 0 Å². The van der Waals surface area contributed by atoms with E-state index >= 15 is 0 Å². The van der Waals surface area contributed by atoms with Gasteiger partial charge in [-0.2, -0.15) is 0 Å². The summed E-state index contributed by atoms with van der Waals surface area (Å²) in [6, 6.07) is 5.60. The van der Waals surface area contributed by atoms with Gasteiger partial charge >= 0.3 is 12.1 Å². The van der Waals surface area contributed by atoms with Crippen LogP contribution in [0.2, 0.25) is 0 Å². The molecule has 5 heteroatoms. The van der Waals surface area contributed by atoms with E-state index in [4.69, 9.17) is 9.84 Å². The lowest BCUT2D eigenvalue weighted by molar-refractivity contribution is -0.136. The summed E-state index contributed by atoms with van der Waals surface area (Å²) in [6.45, 7) is 8.55. The summed E-state index contributed by atoms with van der Waals surface area (Å²) in [5.41, 5.74) is 2.54. The van der Waals surface area contributed by atoms with E-state index in [0.29, 0.717) is 13.2 Å². The smallest absolute Gasteiger partial charge is 0.407 e. The highest BCUT2D eigenvalue weighted by Crippen LogP contribution is 2.27. The molecule has 0 saturated heterocycles. The number of alkyl carbamates (subject to hydrolysis) is 1. The molecule has 1 aromatic rings. The molecular weight excluding hydrogens is 270 g/mol. The monoisotopic (exact) mass is 293 g/mol. The van der Waals surface area contributed by atoms with Gasteiger partial charge in [-0.3, -0.25) is 4.79 Å². The van der Waals surface area contributed by atoms with Crippen LogP contribution in [0.1, 0.15) is 44.4 Å². The first kappa shape index (κ1) is 17.0. The van der Waals surface area contributed by atoms with Crippen LogP contribution in [0.4, 0.5) is 4.79 Å². The third-order valence-electron chi connectivity index (χ3n) is 3.04. The van der Waals surface area contributed by atoms with Crippen molar-refractivity contribution in [2.75, 3.05) is 6.61 Å². The number of benzene rings is 1. The van der Waals surface area contributed by atoms with Crippen LogP contribution in [0.5, 0.6) is 0 Å². The maximum absolute atomic E-state index is 11.3. The van der Waals surface area contributed by atoms with Gasteiger partial charge in [0, 0.05) is 6.54 Å². The first-order valence-electron chi connectivity index (χ1n) is 6.98. The predicted octanol–water partition coefficient (Wildman–Crippen LogP) is 2.86. The van der Waals surface area contributed by atoms with E-state index in [0.717, 1.165) is 16.7 Å². The zero-order valence-electron chi connectivity index (χ0n) is 13.0. The fraction of sp³-hybridized carbons (Fsp3) is 0.500. The Labute approximate surface area is 125 Å². The molecule has 21 heavy (non-hydrogen) atoms. The molecule has 116 valence electrons. The minimum Gasteiger partial charge on any atom is -0.481 e. The van der Waals surface area contributed by atoms with E-state index in [1.807, 2.05) is 39.0 Å². The molecule has 5 nitrogen and oxygen atoms in total. The Kier molecular flexibility index (Phi) is 5.76. The highest BCUT2D eigenvalue weighted by atomic mass is 16.5. The molecule has 0 aromatic heterocycles. The number of hydrogen-bond donors (Lipinski definition) is 2. The summed E-state index contributed by atoms with van der Waals surface area (Å²) in [5, 5.41) is 11.6. The molecule has 0 atom stereocenters. The van der Waals surface area contributed by atoms with Crippen molar-refractivity contribution < 1.29 is 19.4 Å². The molecular formula is C16H23NO4. The number of hydrogen-bond acceptors (Lipinski definition) is 3. The molecule has 0 aliphatic carbocycles. The highest BCUT2D eigenvalue weighted by Gasteiger charge is 2.19. The molecule has 0 unspecified atom stereocenters. The van der Waals surface area contributed by atoms with Crippen molar-refractivity contribution in [3.05, 3.63) is 34.9 Å². The van der Waals surface area contributed by atoms with Crippen LogP contribution in [-0.4, -0.2) is 23.8 Å². The average molecular weight is 293 g/mol. The molecule has 1 aromatic carbocycles. The molecule has 1 rings (SSSR count). The second-order valence-electron chi connectivity index (χ2n) is 5.89. The highest BCUT2D eigenvalue weighted by molar-refractivity contribution is 5.71. The van der Waals surface area contributed by atoms with Crippen molar-refractivity contribution in [3.63, 3.8) is 0 Å². The largest absolute Gasteiger partial charge is 0.481 e. The number of amides is 1. The minimum absolute atomic E-state index is 0.00180. The second kappa shape index (κ2) is 7.11. The molecule has 0 aliphatic rings. The lowest BCUT2D eigenvalue weighted by Crippen LogP contribution is -2.24. The first-order valence-corrected chi connectivity index (χ1v) is 6.98. The van der Waals surface area contributed by atoms with E-state index in [-0.39, 0.29) is 11.8 Å². The van der Waals surface area contributed by atoms with Crippen molar-refractivity contribution in [2.24, 2.45) is 0 Å². The van der Waals surface area contributed by atoms with Crippen LogP contribution in [-0.2, 0) is 27.9 Å². The summed E-state index contributed by atoms with van der Waals surface area (Å²) < 4.78 is 4.81. The zero-order valence-corrected chi connectivity index (χ0v) is 13.0. The Bertz CT molecular complexity index is 517. The molecule has 1 amide bonds. The fourth-order valence-electron chi connectivity index (χ4n) is 2.11. The fourth-order valence-corrected chi connectivity index (χ4v) is 2.11. The number of aliphatic carboxylic acids is 1. The molecule has 0 radical (unpaired) electrons. The van der Waals surface area contributed by atoms with Crippen LogP contribution >= 0.6 is 0 Å². The standard InChI is InChI=1S/C16H23NO4/c1-5-21-15(20)17-10-11-6-7-12(9-14(18)19)13(8-11)16(2,3)4/h6-8H,5,9-10H2,1-4H3,(H,17,20)(H,18,19). The van der Waals surface area contributed by atoms with Crippen molar-refractivity contribution in [1.82, 2.24) is 5.32 Å². The van der Waals surface area contributed by atoms with Crippen LogP contribution in [0.3, 0.4) is 0 Å². The van der Waals surface area contributed by atoms with Crippen molar-refractivity contribution in [2.45, 2.75) is 46.1 Å². The van der Waals surface area contributed by atoms with E-state index in [1.54, 1.807) is 6.92 Å². The minimum atomic E-state index is -0.849. The van der Waals surface area contributed by atoms with E-state index in [1.165, 1.54) is 0 Å². The van der Waals surface area contributed by atoms with Gasteiger partial charge < -0.3 is 15.2 Å². The average Bonchev–Trinajstić information content (AvgIpc) is 2.36. The summed E-state index contributed by atoms with van der Waals surface area (Å²) in [5.74, 6) is -0.849. The molecule has 0 aliphatic heterocycles. The summed E-state index contributed by atoms with van der Waals surface area (Å²) in [7, 11) is 0. The van der Waals surface area contributed by atoms with Crippen LogP contribution in [0, 0.1) is 0 Å². The van der Waals surface area contributed by atoms with Crippen molar-refractivity contribution in [1.29, 1.82) is 0 Å². The van der Waals surface area contributed by atoms with E-state index in [9.17, 15) is 9.59 Å². The predicted molar refractivity (Wildman–Crippen MR) is 80.3 cm³/mol. The van der Waals surface area contributed by atoms with Crippen LogP contribution in [0.15, 0.2) is 18.2 Å². The third kappa shape index (κ3) is 5.45. The van der Waals surface area contributed by atoms with Gasteiger partial charge in [-0.1, -0.05) is 39.0 Å². The molecule has 0 saturated carbocycles. The number of ether oxygens (including phenoxy) is 1. The Balaban J connectivity index is 2.94. The van der Waals surface area contributed by atoms with Gasteiger partial charge in [-0.25, -0.2) is 4.79 Å². The lowest BCUT2D eigenvalue weighted by atomic mass is 9.82. The Morgan fingerprint density at radius 3 is 2.48 bits per heavy atom. The number of carbonyl (C=O) groups excluding carboxylic acids is 1. The second-order valence-corrected chi connectivity index (χ2v) is 5.89. The normalized spacial score (nSPS) is 11.0. The summed E-state index contributed by atoms with van der Waals surface area (Å²) in [6.07, 6.45) is -0.456. The maximum Gasteiger partial charge on any atom is 0.407 e. The Hall–Kier alpha value is -2.04. The van der Waals surface area contributed by atoms with Gasteiger partial charge in [0.05, 0.1) is 13.0 Å². The van der Waals surface area contributed by atoms with Gasteiger partial charge in [-0.15, -0.1) is 0 Å². The summed E-state index contributed by atoms with van der Waals surface area (Å²) >= 11 is 0. The molecule has 0 fully saturated rings.